The Kier molecular flexibility index (Phi) is 5.83. The number of nitrogens with zero attached hydrogens (tertiary/aromatic N) is 3. The van der Waals surface area contributed by atoms with E-state index in [1.54, 1.807) is 12.1 Å². The summed E-state index contributed by atoms with van der Waals surface area (Å²) < 4.78 is 13.0. The van der Waals surface area contributed by atoms with Gasteiger partial charge in [-0.2, -0.15) is 5.10 Å². The van der Waals surface area contributed by atoms with Crippen LogP contribution in [0.1, 0.15) is 12.5 Å². The van der Waals surface area contributed by atoms with E-state index in [1.807, 2.05) is 0 Å². The molecule has 0 saturated carbocycles. The second-order valence-corrected chi connectivity index (χ2v) is 5.06. The molecule has 0 aromatic heterocycles. The minimum Gasteiger partial charge on any atom is -0.301 e. The summed E-state index contributed by atoms with van der Waals surface area (Å²) in [5.41, 5.74) is 3.09. The molecule has 21 heavy (non-hydrogen) atoms. The molecule has 1 aromatic rings. The number of halogens is 1. The fourth-order valence-corrected chi connectivity index (χ4v) is 2.27. The fourth-order valence-electron chi connectivity index (χ4n) is 2.27. The van der Waals surface area contributed by atoms with Crippen molar-refractivity contribution in [3.05, 3.63) is 35.6 Å². The largest absolute Gasteiger partial charge is 0.301 e. The van der Waals surface area contributed by atoms with Gasteiger partial charge in [0, 0.05) is 26.2 Å². The molecule has 5 nitrogen and oxygen atoms in total. The Labute approximate surface area is 124 Å². The van der Waals surface area contributed by atoms with E-state index in [2.05, 4.69) is 27.3 Å². The molecule has 0 unspecified atom stereocenters. The van der Waals surface area contributed by atoms with E-state index in [-0.39, 0.29) is 11.7 Å². The second-order valence-electron chi connectivity index (χ2n) is 5.06. The molecular weight excluding hydrogens is 271 g/mol. The van der Waals surface area contributed by atoms with Crippen LogP contribution < -0.4 is 5.43 Å². The van der Waals surface area contributed by atoms with Crippen molar-refractivity contribution in [1.82, 2.24) is 15.2 Å². The van der Waals surface area contributed by atoms with Crippen LogP contribution in [0, 0.1) is 5.82 Å². The third-order valence-electron chi connectivity index (χ3n) is 3.53. The molecule has 1 N–H and O–H groups in total. The third-order valence-corrected chi connectivity index (χ3v) is 3.53. The molecule has 1 fully saturated rings. The van der Waals surface area contributed by atoms with Crippen LogP contribution in [0.15, 0.2) is 29.4 Å². The van der Waals surface area contributed by atoms with Gasteiger partial charge in [0.25, 0.3) is 5.91 Å². The van der Waals surface area contributed by atoms with Crippen LogP contribution in [-0.2, 0) is 4.79 Å². The van der Waals surface area contributed by atoms with E-state index in [9.17, 15) is 9.18 Å². The Morgan fingerprint density at radius 3 is 2.71 bits per heavy atom. The van der Waals surface area contributed by atoms with Crippen molar-refractivity contribution in [2.45, 2.75) is 6.92 Å². The first-order valence-corrected chi connectivity index (χ1v) is 7.19. The first-order valence-electron chi connectivity index (χ1n) is 7.19. The van der Waals surface area contributed by atoms with Crippen molar-refractivity contribution in [3.8, 4) is 0 Å². The lowest BCUT2D eigenvalue weighted by Gasteiger charge is -2.33. The van der Waals surface area contributed by atoms with E-state index >= 15 is 0 Å². The maximum atomic E-state index is 13.0. The smallest absolute Gasteiger partial charge is 0.254 e. The second kappa shape index (κ2) is 7.85. The monoisotopic (exact) mass is 292 g/mol. The van der Waals surface area contributed by atoms with Crippen LogP contribution in [0.5, 0.6) is 0 Å². The molecule has 1 aromatic carbocycles. The van der Waals surface area contributed by atoms with Crippen LogP contribution in [0.2, 0.25) is 0 Å². The van der Waals surface area contributed by atoms with E-state index < -0.39 is 0 Å². The number of likely N-dealkylation sites (N-methyl/N-ethyl adjacent to an activating group) is 1. The summed E-state index contributed by atoms with van der Waals surface area (Å²) in [6.07, 6.45) is 1.44. The Balaban J connectivity index is 1.72. The highest BCUT2D eigenvalue weighted by Crippen LogP contribution is 2.01. The molecule has 1 amide bonds. The number of amides is 1. The number of piperazine rings is 1. The van der Waals surface area contributed by atoms with Gasteiger partial charge in [0.1, 0.15) is 5.82 Å². The molecule has 0 bridgehead atoms. The van der Waals surface area contributed by atoms with Crippen molar-refractivity contribution in [2.24, 2.45) is 5.10 Å². The number of carbonyl (C=O) groups is 1. The van der Waals surface area contributed by atoms with Gasteiger partial charge in [-0.25, -0.2) is 9.82 Å². The Morgan fingerprint density at radius 1 is 1.33 bits per heavy atom. The number of benzene rings is 1. The Morgan fingerprint density at radius 2 is 2.05 bits per heavy atom. The highest BCUT2D eigenvalue weighted by atomic mass is 19.1. The zero-order valence-corrected chi connectivity index (χ0v) is 12.3. The molecule has 1 aliphatic heterocycles. The van der Waals surface area contributed by atoms with Crippen molar-refractivity contribution in [2.75, 3.05) is 39.3 Å². The number of nitrogens with one attached hydrogen (secondary N) is 1. The first-order chi connectivity index (χ1) is 10.2. The van der Waals surface area contributed by atoms with Gasteiger partial charge >= 0.3 is 0 Å². The van der Waals surface area contributed by atoms with Crippen molar-refractivity contribution < 1.29 is 9.18 Å². The lowest BCUT2D eigenvalue weighted by atomic mass is 10.2. The van der Waals surface area contributed by atoms with Crippen LogP contribution in [0.3, 0.4) is 0 Å². The van der Waals surface area contributed by atoms with E-state index in [1.165, 1.54) is 18.3 Å². The summed E-state index contributed by atoms with van der Waals surface area (Å²) in [5, 5.41) is 3.85. The highest BCUT2D eigenvalue weighted by molar-refractivity contribution is 5.83. The lowest BCUT2D eigenvalue weighted by Crippen LogP contribution is -2.48. The van der Waals surface area contributed by atoms with Crippen LogP contribution in [0.4, 0.5) is 4.39 Å². The highest BCUT2D eigenvalue weighted by Gasteiger charge is 2.17. The maximum absolute atomic E-state index is 13.0. The van der Waals surface area contributed by atoms with Gasteiger partial charge in [-0.1, -0.05) is 19.1 Å². The number of hydrogen-bond acceptors (Lipinski definition) is 4. The fraction of sp³-hybridized carbons (Fsp3) is 0.467. The third kappa shape index (κ3) is 5.24. The van der Waals surface area contributed by atoms with Gasteiger partial charge in [0.05, 0.1) is 12.8 Å². The summed E-state index contributed by atoms with van der Waals surface area (Å²) >= 11 is 0. The van der Waals surface area contributed by atoms with Crippen LogP contribution >= 0.6 is 0 Å². The molecule has 0 atom stereocenters. The minimum atomic E-state index is -0.320. The summed E-state index contributed by atoms with van der Waals surface area (Å²) in [7, 11) is 0. The van der Waals surface area contributed by atoms with E-state index in [0.29, 0.717) is 12.1 Å². The maximum Gasteiger partial charge on any atom is 0.254 e. The summed E-state index contributed by atoms with van der Waals surface area (Å²) in [5.74, 6) is -0.466. The number of hydrogen-bond donors (Lipinski definition) is 1. The molecule has 1 heterocycles. The van der Waals surface area contributed by atoms with Gasteiger partial charge in [-0.05, 0) is 24.2 Å². The zero-order valence-electron chi connectivity index (χ0n) is 12.3. The summed E-state index contributed by atoms with van der Waals surface area (Å²) in [6.45, 7) is 7.33. The standard InChI is InChI=1S/C15H21FN4O/c1-2-19-6-8-20(9-7-19)12-15(21)18-17-11-13-4-3-5-14(16)10-13/h3-5,10-11H,2,6-9,12H2,1H3,(H,18,21). The molecule has 6 heteroatoms. The van der Waals surface area contributed by atoms with E-state index in [4.69, 9.17) is 0 Å². The number of rotatable bonds is 5. The van der Waals surface area contributed by atoms with Gasteiger partial charge in [0.15, 0.2) is 0 Å². The van der Waals surface area contributed by atoms with Gasteiger partial charge in [-0.3, -0.25) is 9.69 Å². The van der Waals surface area contributed by atoms with Gasteiger partial charge in [0.2, 0.25) is 0 Å². The van der Waals surface area contributed by atoms with Crippen LogP contribution in [-0.4, -0.2) is 61.2 Å². The predicted octanol–water partition coefficient (Wildman–Crippen LogP) is 0.913. The quantitative estimate of drug-likeness (QED) is 0.648. The normalized spacial score (nSPS) is 17.2. The first kappa shape index (κ1) is 15.6. The number of carbonyl (C=O) groups excluding carboxylic acids is 1. The molecule has 0 radical (unpaired) electrons. The van der Waals surface area contributed by atoms with E-state index in [0.717, 1.165) is 32.7 Å². The molecule has 0 aliphatic carbocycles. The number of hydrazone groups is 1. The lowest BCUT2D eigenvalue weighted by molar-refractivity contribution is -0.122. The molecule has 0 spiro atoms. The molecule has 2 rings (SSSR count). The molecular formula is C15H21FN4O. The topological polar surface area (TPSA) is 47.9 Å². The molecule has 1 saturated heterocycles. The van der Waals surface area contributed by atoms with Crippen molar-refractivity contribution in [3.63, 3.8) is 0 Å². The predicted molar refractivity (Wildman–Crippen MR) is 80.7 cm³/mol. The Hall–Kier alpha value is -1.79. The molecule has 1 aliphatic rings. The van der Waals surface area contributed by atoms with Gasteiger partial charge < -0.3 is 4.90 Å². The Bertz CT molecular complexity index is 498. The van der Waals surface area contributed by atoms with Gasteiger partial charge in [-0.15, -0.1) is 0 Å². The SMILES string of the molecule is CCN1CCN(CC(=O)NN=Cc2cccc(F)c2)CC1. The molecule has 114 valence electrons. The average Bonchev–Trinajstić information content (AvgIpc) is 2.48. The van der Waals surface area contributed by atoms with Crippen molar-refractivity contribution in [1.29, 1.82) is 0 Å². The minimum absolute atomic E-state index is 0.146. The van der Waals surface area contributed by atoms with Crippen molar-refractivity contribution >= 4 is 12.1 Å². The summed E-state index contributed by atoms with van der Waals surface area (Å²) in [4.78, 5) is 16.2. The van der Waals surface area contributed by atoms with Crippen LogP contribution in [0.25, 0.3) is 0 Å². The zero-order chi connectivity index (χ0) is 15.1. The summed E-state index contributed by atoms with van der Waals surface area (Å²) in [6, 6.07) is 6.06. The average molecular weight is 292 g/mol.